The molecular formula is C10H9Cl2F3N2O. The first-order valence-electron chi connectivity index (χ1n) is 4.85. The van der Waals surface area contributed by atoms with E-state index in [0.29, 0.717) is 0 Å². The first-order valence-corrected chi connectivity index (χ1v) is 5.60. The average molecular weight is 301 g/mol. The zero-order valence-electron chi connectivity index (χ0n) is 9.26. The number of hydrogen-bond acceptors (Lipinski definition) is 2. The molecule has 1 heterocycles. The largest absolute Gasteiger partial charge is 0.390 e. The first-order chi connectivity index (χ1) is 8.20. The lowest BCUT2D eigenvalue weighted by molar-refractivity contribution is -0.136. The topological polar surface area (TPSA) is 33.2 Å². The number of nitrogens with zero attached hydrogens (tertiary/aromatic N) is 2. The Balaban J connectivity index is 2.77. The quantitative estimate of drug-likeness (QED) is 0.802. The molecule has 0 aliphatic rings. The summed E-state index contributed by atoms with van der Waals surface area (Å²) in [7, 11) is 1.24. The molecule has 0 N–H and O–H groups in total. The van der Waals surface area contributed by atoms with E-state index in [4.69, 9.17) is 23.2 Å². The Morgan fingerprint density at radius 2 is 2.00 bits per heavy atom. The minimum atomic E-state index is -4.32. The molecule has 0 spiro atoms. The number of halogens is 5. The average Bonchev–Trinajstić information content (AvgIpc) is 2.27. The fourth-order valence-corrected chi connectivity index (χ4v) is 1.48. The van der Waals surface area contributed by atoms with Crippen LogP contribution in [0, 0.1) is 0 Å². The van der Waals surface area contributed by atoms with Gasteiger partial charge in [-0.05, 0) is 12.1 Å². The van der Waals surface area contributed by atoms with Crippen molar-refractivity contribution in [3.8, 4) is 0 Å². The second-order valence-electron chi connectivity index (χ2n) is 3.56. The molecule has 0 fully saturated rings. The van der Waals surface area contributed by atoms with E-state index in [2.05, 4.69) is 4.98 Å². The Bertz CT molecular complexity index is 451. The number of alkyl halides is 3. The molecule has 18 heavy (non-hydrogen) atoms. The summed E-state index contributed by atoms with van der Waals surface area (Å²) in [5.74, 6) is -0.702. The molecule has 0 radical (unpaired) electrons. The molecule has 0 saturated carbocycles. The lowest BCUT2D eigenvalue weighted by atomic mass is 10.3. The van der Waals surface area contributed by atoms with E-state index in [1.165, 1.54) is 19.2 Å². The smallest absolute Gasteiger partial charge is 0.340 e. The van der Waals surface area contributed by atoms with Gasteiger partial charge in [-0.3, -0.25) is 4.79 Å². The van der Waals surface area contributed by atoms with Crippen LogP contribution in [0.15, 0.2) is 12.1 Å². The minimum Gasteiger partial charge on any atom is -0.340 e. The maximum absolute atomic E-state index is 12.0. The van der Waals surface area contributed by atoms with Gasteiger partial charge in [0.05, 0.1) is 11.4 Å². The number of hydrogen-bond donors (Lipinski definition) is 0. The maximum Gasteiger partial charge on any atom is 0.390 e. The van der Waals surface area contributed by atoms with Gasteiger partial charge in [0.15, 0.2) is 0 Å². The highest BCUT2D eigenvalue weighted by Gasteiger charge is 2.28. The molecule has 0 atom stereocenters. The third-order valence-corrected chi connectivity index (χ3v) is 2.61. The zero-order valence-corrected chi connectivity index (χ0v) is 10.8. The first kappa shape index (κ1) is 15.0. The van der Waals surface area contributed by atoms with Gasteiger partial charge in [0.2, 0.25) is 0 Å². The fourth-order valence-electron chi connectivity index (χ4n) is 1.15. The maximum atomic E-state index is 12.0. The Labute approximate surface area is 112 Å². The van der Waals surface area contributed by atoms with Crippen molar-refractivity contribution in [2.24, 2.45) is 0 Å². The normalized spacial score (nSPS) is 11.4. The summed E-state index contributed by atoms with van der Waals surface area (Å²) < 4.78 is 36.1. The molecule has 0 aliphatic carbocycles. The van der Waals surface area contributed by atoms with Gasteiger partial charge in [0, 0.05) is 13.6 Å². The molecule has 8 heteroatoms. The van der Waals surface area contributed by atoms with Crippen molar-refractivity contribution in [3.63, 3.8) is 0 Å². The number of carbonyl (C=O) groups excluding carboxylic acids is 1. The van der Waals surface area contributed by atoms with E-state index < -0.39 is 25.0 Å². The van der Waals surface area contributed by atoms with Gasteiger partial charge >= 0.3 is 6.18 Å². The highest BCUT2D eigenvalue weighted by molar-refractivity contribution is 6.34. The van der Waals surface area contributed by atoms with E-state index in [1.807, 2.05) is 0 Å². The van der Waals surface area contributed by atoms with Crippen LogP contribution in [0.5, 0.6) is 0 Å². The molecule has 100 valence electrons. The summed E-state index contributed by atoms with van der Waals surface area (Å²) in [6.45, 7) is -0.465. The van der Waals surface area contributed by atoms with Gasteiger partial charge in [-0.1, -0.05) is 23.2 Å². The van der Waals surface area contributed by atoms with Crippen molar-refractivity contribution in [1.82, 2.24) is 9.88 Å². The molecule has 1 aromatic heterocycles. The van der Waals surface area contributed by atoms with Crippen LogP contribution >= 0.6 is 23.2 Å². The molecule has 1 amide bonds. The highest BCUT2D eigenvalue weighted by atomic mass is 35.5. The number of amides is 1. The third-order valence-electron chi connectivity index (χ3n) is 2.09. The number of rotatable bonds is 3. The SMILES string of the molecule is CN(CCC(F)(F)F)C(=O)c1nc(Cl)ccc1Cl. The fraction of sp³-hybridized carbons (Fsp3) is 0.400. The van der Waals surface area contributed by atoms with Crippen LogP contribution < -0.4 is 0 Å². The Kier molecular flexibility index (Phi) is 4.81. The molecule has 3 nitrogen and oxygen atoms in total. The van der Waals surface area contributed by atoms with Gasteiger partial charge in [-0.2, -0.15) is 13.2 Å². The zero-order chi connectivity index (χ0) is 13.9. The molecule has 0 saturated heterocycles. The van der Waals surface area contributed by atoms with Crippen LogP contribution in [-0.2, 0) is 0 Å². The summed E-state index contributed by atoms with van der Waals surface area (Å²) in [6.07, 6.45) is -5.41. The van der Waals surface area contributed by atoms with Crippen molar-refractivity contribution in [2.45, 2.75) is 12.6 Å². The van der Waals surface area contributed by atoms with E-state index >= 15 is 0 Å². The van der Waals surface area contributed by atoms with Gasteiger partial charge in [0.1, 0.15) is 10.8 Å². The second-order valence-corrected chi connectivity index (χ2v) is 4.35. The second kappa shape index (κ2) is 5.75. The molecule has 1 rings (SSSR count). The van der Waals surface area contributed by atoms with Crippen LogP contribution in [0.1, 0.15) is 16.9 Å². The van der Waals surface area contributed by atoms with Crippen molar-refractivity contribution in [1.29, 1.82) is 0 Å². The molecular weight excluding hydrogens is 292 g/mol. The Morgan fingerprint density at radius 3 is 2.56 bits per heavy atom. The summed E-state index contributed by atoms with van der Waals surface area (Å²) in [5, 5.41) is 0.0928. The van der Waals surface area contributed by atoms with E-state index in [0.717, 1.165) is 4.90 Å². The van der Waals surface area contributed by atoms with E-state index in [1.54, 1.807) is 0 Å². The van der Waals surface area contributed by atoms with Gasteiger partial charge in [-0.15, -0.1) is 0 Å². The number of carbonyl (C=O) groups is 1. The molecule has 0 unspecified atom stereocenters. The lowest BCUT2D eigenvalue weighted by Gasteiger charge is -2.18. The highest BCUT2D eigenvalue weighted by Crippen LogP contribution is 2.21. The standard InChI is InChI=1S/C10H9Cl2F3N2O/c1-17(5-4-10(13,14)15)9(18)8-6(11)2-3-7(12)16-8/h2-3H,4-5H2,1H3. The monoisotopic (exact) mass is 300 g/mol. The minimum absolute atomic E-state index is 0.0447. The summed E-state index contributed by atoms with van der Waals surface area (Å²) in [4.78, 5) is 16.4. The predicted molar refractivity (Wildman–Crippen MR) is 61.9 cm³/mol. The van der Waals surface area contributed by atoms with Crippen LogP contribution in [0.3, 0.4) is 0 Å². The Morgan fingerprint density at radius 1 is 1.39 bits per heavy atom. The molecule has 0 aliphatic heterocycles. The lowest BCUT2D eigenvalue weighted by Crippen LogP contribution is -2.31. The number of aromatic nitrogens is 1. The van der Waals surface area contributed by atoms with Crippen molar-refractivity contribution >= 4 is 29.1 Å². The van der Waals surface area contributed by atoms with Crippen LogP contribution in [0.4, 0.5) is 13.2 Å². The molecule has 0 bridgehead atoms. The van der Waals surface area contributed by atoms with Gasteiger partial charge in [0.25, 0.3) is 5.91 Å². The van der Waals surface area contributed by atoms with Crippen LogP contribution in [0.25, 0.3) is 0 Å². The van der Waals surface area contributed by atoms with E-state index in [-0.39, 0.29) is 15.9 Å². The summed E-state index contributed by atoms with van der Waals surface area (Å²) in [6, 6.07) is 2.75. The van der Waals surface area contributed by atoms with Crippen molar-refractivity contribution in [2.75, 3.05) is 13.6 Å². The third kappa shape index (κ3) is 4.34. The van der Waals surface area contributed by atoms with Gasteiger partial charge < -0.3 is 4.90 Å². The van der Waals surface area contributed by atoms with Crippen LogP contribution in [0.2, 0.25) is 10.2 Å². The number of pyridine rings is 1. The van der Waals surface area contributed by atoms with Crippen molar-refractivity contribution < 1.29 is 18.0 Å². The summed E-state index contributed by atoms with van der Waals surface area (Å²) >= 11 is 11.3. The Hall–Kier alpha value is -1.01. The predicted octanol–water partition coefficient (Wildman–Crippen LogP) is 3.41. The van der Waals surface area contributed by atoms with Crippen molar-refractivity contribution in [3.05, 3.63) is 28.0 Å². The van der Waals surface area contributed by atoms with Gasteiger partial charge in [-0.25, -0.2) is 4.98 Å². The molecule has 1 aromatic rings. The van der Waals surface area contributed by atoms with Crippen LogP contribution in [-0.4, -0.2) is 35.6 Å². The molecule has 0 aromatic carbocycles. The summed E-state index contributed by atoms with van der Waals surface area (Å²) in [5.41, 5.74) is -0.158. The van der Waals surface area contributed by atoms with E-state index in [9.17, 15) is 18.0 Å².